The summed E-state index contributed by atoms with van der Waals surface area (Å²) in [7, 11) is 0. The minimum absolute atomic E-state index is 0.0278. The van der Waals surface area contributed by atoms with Gasteiger partial charge in [0.05, 0.1) is 24.5 Å². The molecule has 0 aliphatic carbocycles. The van der Waals surface area contributed by atoms with Crippen LogP contribution in [0.1, 0.15) is 45.5 Å². The number of hydrogen-bond acceptors (Lipinski definition) is 3. The Bertz CT molecular complexity index is 730. The molecular formula is C20H28N4O. The second kappa shape index (κ2) is 6.90. The molecule has 1 amide bonds. The third-order valence-corrected chi connectivity index (χ3v) is 4.70. The van der Waals surface area contributed by atoms with Crippen molar-refractivity contribution in [3.05, 3.63) is 47.8 Å². The number of fused-ring (bicyclic) bond motifs is 1. The zero-order valence-corrected chi connectivity index (χ0v) is 15.6. The minimum Gasteiger partial charge on any atom is -0.374 e. The van der Waals surface area contributed by atoms with Crippen molar-refractivity contribution in [3.63, 3.8) is 0 Å². The fourth-order valence-electron chi connectivity index (χ4n) is 3.12. The van der Waals surface area contributed by atoms with Crippen LogP contribution in [-0.2, 0) is 23.3 Å². The molecule has 0 radical (unpaired) electrons. The van der Waals surface area contributed by atoms with Crippen LogP contribution in [0.25, 0.3) is 0 Å². The van der Waals surface area contributed by atoms with Gasteiger partial charge in [-0.1, -0.05) is 45.9 Å². The van der Waals surface area contributed by atoms with Gasteiger partial charge in [-0.3, -0.25) is 9.48 Å². The Kier molecular flexibility index (Phi) is 4.84. The SMILES string of the molecule is CCC(Nc1ccccc1)C(=O)N1CCn2nc(C(C)(C)C)cc2C1. The van der Waals surface area contributed by atoms with Gasteiger partial charge >= 0.3 is 0 Å². The number of nitrogens with one attached hydrogen (secondary N) is 1. The molecule has 0 spiro atoms. The summed E-state index contributed by atoms with van der Waals surface area (Å²) >= 11 is 0. The molecule has 134 valence electrons. The van der Waals surface area contributed by atoms with E-state index in [1.54, 1.807) is 0 Å². The summed E-state index contributed by atoms with van der Waals surface area (Å²) in [6.45, 7) is 10.7. The van der Waals surface area contributed by atoms with Gasteiger partial charge < -0.3 is 10.2 Å². The summed E-state index contributed by atoms with van der Waals surface area (Å²) in [5.41, 5.74) is 3.23. The predicted molar refractivity (Wildman–Crippen MR) is 100 cm³/mol. The molecule has 1 aliphatic rings. The van der Waals surface area contributed by atoms with Crippen molar-refractivity contribution in [1.82, 2.24) is 14.7 Å². The van der Waals surface area contributed by atoms with Crippen LogP contribution in [-0.4, -0.2) is 33.2 Å². The van der Waals surface area contributed by atoms with Crippen LogP contribution in [0.5, 0.6) is 0 Å². The molecule has 0 saturated heterocycles. The highest BCUT2D eigenvalue weighted by Crippen LogP contribution is 2.24. The number of aromatic nitrogens is 2. The number of benzene rings is 1. The first-order chi connectivity index (χ1) is 11.9. The fourth-order valence-corrected chi connectivity index (χ4v) is 3.12. The summed E-state index contributed by atoms with van der Waals surface area (Å²) in [5, 5.41) is 8.08. The maximum atomic E-state index is 13.0. The second-order valence-corrected chi connectivity index (χ2v) is 7.73. The van der Waals surface area contributed by atoms with E-state index in [0.29, 0.717) is 13.1 Å². The van der Waals surface area contributed by atoms with Gasteiger partial charge in [0.1, 0.15) is 6.04 Å². The molecule has 0 bridgehead atoms. The van der Waals surface area contributed by atoms with Crippen molar-refractivity contribution < 1.29 is 4.79 Å². The third-order valence-electron chi connectivity index (χ3n) is 4.70. The summed E-state index contributed by atoms with van der Waals surface area (Å²) in [5.74, 6) is 0.163. The van der Waals surface area contributed by atoms with Gasteiger partial charge in [-0.2, -0.15) is 5.10 Å². The smallest absolute Gasteiger partial charge is 0.245 e. The second-order valence-electron chi connectivity index (χ2n) is 7.73. The summed E-state index contributed by atoms with van der Waals surface area (Å²) in [4.78, 5) is 14.9. The van der Waals surface area contributed by atoms with Crippen LogP contribution in [0, 0.1) is 0 Å². The van der Waals surface area contributed by atoms with E-state index < -0.39 is 0 Å². The van der Waals surface area contributed by atoms with E-state index in [0.717, 1.165) is 30.0 Å². The first-order valence-electron chi connectivity index (χ1n) is 9.06. The number of nitrogens with zero attached hydrogens (tertiary/aromatic N) is 3. The number of amides is 1. The van der Waals surface area contributed by atoms with Crippen LogP contribution in [0.15, 0.2) is 36.4 Å². The Morgan fingerprint density at radius 2 is 1.96 bits per heavy atom. The number of para-hydroxylation sites is 1. The number of rotatable bonds is 4. The van der Waals surface area contributed by atoms with E-state index in [1.807, 2.05) is 42.2 Å². The standard InChI is InChI=1S/C20H28N4O/c1-5-17(21-15-9-7-6-8-10-15)19(25)23-11-12-24-16(14-23)13-18(22-24)20(2,3)4/h6-10,13,17,21H,5,11-12,14H2,1-4H3. The van der Waals surface area contributed by atoms with Crippen molar-refractivity contribution in [2.75, 3.05) is 11.9 Å². The Morgan fingerprint density at radius 1 is 1.24 bits per heavy atom. The molecule has 0 fully saturated rings. The van der Waals surface area contributed by atoms with Gasteiger partial charge in [-0.15, -0.1) is 0 Å². The van der Waals surface area contributed by atoms with Gasteiger partial charge in [-0.25, -0.2) is 0 Å². The van der Waals surface area contributed by atoms with E-state index in [-0.39, 0.29) is 17.4 Å². The van der Waals surface area contributed by atoms with Crippen LogP contribution in [0.3, 0.4) is 0 Å². The monoisotopic (exact) mass is 340 g/mol. The highest BCUT2D eigenvalue weighted by molar-refractivity contribution is 5.84. The lowest BCUT2D eigenvalue weighted by Crippen LogP contribution is -2.46. The molecule has 1 aromatic carbocycles. The van der Waals surface area contributed by atoms with E-state index in [1.165, 1.54) is 0 Å². The molecule has 1 N–H and O–H groups in total. The Hall–Kier alpha value is -2.30. The van der Waals surface area contributed by atoms with E-state index >= 15 is 0 Å². The largest absolute Gasteiger partial charge is 0.374 e. The maximum Gasteiger partial charge on any atom is 0.245 e. The molecular weight excluding hydrogens is 312 g/mol. The molecule has 1 atom stereocenters. The molecule has 25 heavy (non-hydrogen) atoms. The first kappa shape index (κ1) is 17.5. The Balaban J connectivity index is 1.71. The van der Waals surface area contributed by atoms with Crippen LogP contribution >= 0.6 is 0 Å². The van der Waals surface area contributed by atoms with Crippen LogP contribution in [0.2, 0.25) is 0 Å². The van der Waals surface area contributed by atoms with Crippen molar-refractivity contribution in [2.24, 2.45) is 0 Å². The van der Waals surface area contributed by atoms with Crippen molar-refractivity contribution in [2.45, 2.75) is 58.7 Å². The van der Waals surface area contributed by atoms with Crippen molar-refractivity contribution >= 4 is 11.6 Å². The van der Waals surface area contributed by atoms with Gasteiger partial charge in [0.2, 0.25) is 5.91 Å². The zero-order chi connectivity index (χ0) is 18.0. The highest BCUT2D eigenvalue weighted by atomic mass is 16.2. The summed E-state index contributed by atoms with van der Waals surface area (Å²) in [6, 6.07) is 11.9. The zero-order valence-electron chi connectivity index (χ0n) is 15.6. The average Bonchev–Trinajstić information content (AvgIpc) is 3.03. The number of anilines is 1. The normalized spacial score (nSPS) is 15.6. The molecule has 1 aromatic heterocycles. The summed E-state index contributed by atoms with van der Waals surface area (Å²) in [6.07, 6.45) is 0.761. The van der Waals surface area contributed by atoms with E-state index in [9.17, 15) is 4.79 Å². The van der Waals surface area contributed by atoms with Gasteiger partial charge in [-0.05, 0) is 24.6 Å². The first-order valence-corrected chi connectivity index (χ1v) is 9.06. The molecule has 2 heterocycles. The summed E-state index contributed by atoms with van der Waals surface area (Å²) < 4.78 is 2.05. The number of carbonyl (C=O) groups excluding carboxylic acids is 1. The highest BCUT2D eigenvalue weighted by Gasteiger charge is 2.28. The number of carbonyl (C=O) groups is 1. The average molecular weight is 340 g/mol. The van der Waals surface area contributed by atoms with Gasteiger partial charge in [0.15, 0.2) is 0 Å². The lowest BCUT2D eigenvalue weighted by atomic mass is 9.92. The molecule has 5 nitrogen and oxygen atoms in total. The van der Waals surface area contributed by atoms with Gasteiger partial charge in [0, 0.05) is 17.6 Å². The third kappa shape index (κ3) is 3.86. The lowest BCUT2D eigenvalue weighted by molar-refractivity contribution is -0.133. The molecule has 1 unspecified atom stereocenters. The van der Waals surface area contributed by atoms with Crippen molar-refractivity contribution in [1.29, 1.82) is 0 Å². The van der Waals surface area contributed by atoms with Crippen LogP contribution in [0.4, 0.5) is 5.69 Å². The lowest BCUT2D eigenvalue weighted by Gasteiger charge is -2.31. The maximum absolute atomic E-state index is 13.0. The molecule has 0 saturated carbocycles. The quantitative estimate of drug-likeness (QED) is 0.928. The number of hydrogen-bond donors (Lipinski definition) is 1. The topological polar surface area (TPSA) is 50.2 Å². The molecule has 1 aliphatic heterocycles. The van der Waals surface area contributed by atoms with Gasteiger partial charge in [0.25, 0.3) is 0 Å². The fraction of sp³-hybridized carbons (Fsp3) is 0.500. The Morgan fingerprint density at radius 3 is 2.60 bits per heavy atom. The van der Waals surface area contributed by atoms with E-state index in [4.69, 9.17) is 5.10 Å². The Labute approximate surface area is 150 Å². The minimum atomic E-state index is -0.195. The molecule has 3 rings (SSSR count). The van der Waals surface area contributed by atoms with E-state index in [2.05, 4.69) is 36.8 Å². The molecule has 5 heteroatoms. The molecule has 2 aromatic rings. The van der Waals surface area contributed by atoms with Crippen LogP contribution < -0.4 is 5.32 Å². The van der Waals surface area contributed by atoms with Crippen molar-refractivity contribution in [3.8, 4) is 0 Å². The predicted octanol–water partition coefficient (Wildman–Crippen LogP) is 3.41.